The van der Waals surface area contributed by atoms with Gasteiger partial charge in [-0.2, -0.15) is 9.97 Å². The van der Waals surface area contributed by atoms with Crippen LogP contribution >= 0.6 is 80.0 Å². The van der Waals surface area contributed by atoms with Crippen molar-refractivity contribution < 1.29 is 8.78 Å². The SMILES string of the molecule is Nc1cc(I)ccc1F.Nc1ncc(Cl)c(Cl)n1.Nc1ncc(Cl)c(Nc2cc(I)ccc2F)n1. The minimum absolute atomic E-state index is 0.0722. The quantitative estimate of drug-likeness (QED) is 0.102. The lowest BCUT2D eigenvalue weighted by molar-refractivity contribution is 0.631. The molecule has 2 heterocycles. The molecule has 0 unspecified atom stereocenters. The molecule has 35 heavy (non-hydrogen) atoms. The van der Waals surface area contributed by atoms with Crippen LogP contribution in [-0.2, 0) is 0 Å². The molecule has 0 fully saturated rings. The van der Waals surface area contributed by atoms with Gasteiger partial charge in [-0.1, -0.05) is 34.8 Å². The third-order valence-corrected chi connectivity index (χ3v) is 5.90. The Hall–Kier alpha value is -2.01. The third-order valence-electron chi connectivity index (χ3n) is 3.62. The molecule has 0 atom stereocenters. The molecule has 2 aromatic heterocycles. The van der Waals surface area contributed by atoms with Gasteiger partial charge in [0.2, 0.25) is 11.9 Å². The van der Waals surface area contributed by atoms with Crippen LogP contribution < -0.4 is 22.5 Å². The Labute approximate surface area is 241 Å². The van der Waals surface area contributed by atoms with Crippen molar-refractivity contribution >= 4 is 109 Å². The molecule has 0 amide bonds. The fourth-order valence-corrected chi connectivity index (χ4v) is 3.43. The van der Waals surface area contributed by atoms with Gasteiger partial charge < -0.3 is 22.5 Å². The zero-order chi connectivity index (χ0) is 26.1. The fourth-order valence-electron chi connectivity index (χ4n) is 2.06. The number of anilines is 5. The van der Waals surface area contributed by atoms with Crippen LogP contribution in [0, 0.1) is 18.8 Å². The van der Waals surface area contributed by atoms with Gasteiger partial charge in [0, 0.05) is 7.14 Å². The van der Waals surface area contributed by atoms with E-state index in [9.17, 15) is 8.78 Å². The van der Waals surface area contributed by atoms with E-state index >= 15 is 0 Å². The number of aromatic nitrogens is 4. The maximum absolute atomic E-state index is 13.5. The van der Waals surface area contributed by atoms with E-state index in [1.54, 1.807) is 24.3 Å². The summed E-state index contributed by atoms with van der Waals surface area (Å²) in [7, 11) is 0. The molecule has 0 aliphatic carbocycles. The van der Waals surface area contributed by atoms with Gasteiger partial charge in [0.05, 0.1) is 28.8 Å². The molecule has 184 valence electrons. The van der Waals surface area contributed by atoms with Crippen molar-refractivity contribution in [3.63, 3.8) is 0 Å². The molecular weight excluding hydrogens is 750 g/mol. The molecule has 0 saturated carbocycles. The van der Waals surface area contributed by atoms with E-state index in [0.29, 0.717) is 5.02 Å². The summed E-state index contributed by atoms with van der Waals surface area (Å²) in [5.41, 5.74) is 16.3. The van der Waals surface area contributed by atoms with Gasteiger partial charge in [0.25, 0.3) is 0 Å². The molecule has 0 spiro atoms. The first-order chi connectivity index (χ1) is 16.5. The molecule has 0 radical (unpaired) electrons. The fraction of sp³-hybridized carbons (Fsp3) is 0. The number of nitrogens with one attached hydrogen (secondary N) is 1. The molecule has 2 aromatic carbocycles. The zero-order valence-corrected chi connectivity index (χ0v) is 23.9. The summed E-state index contributed by atoms with van der Waals surface area (Å²) in [6, 6.07) is 9.29. The van der Waals surface area contributed by atoms with Gasteiger partial charge in [0.15, 0.2) is 11.0 Å². The highest BCUT2D eigenvalue weighted by molar-refractivity contribution is 14.1. The van der Waals surface area contributed by atoms with Crippen LogP contribution in [0.3, 0.4) is 0 Å². The van der Waals surface area contributed by atoms with Gasteiger partial charge in [0.1, 0.15) is 16.7 Å². The Balaban J connectivity index is 0.000000203. The Morgan fingerprint density at radius 1 is 0.743 bits per heavy atom. The third kappa shape index (κ3) is 9.87. The Bertz CT molecular complexity index is 1220. The van der Waals surface area contributed by atoms with Crippen LogP contribution in [0.2, 0.25) is 15.2 Å². The maximum Gasteiger partial charge on any atom is 0.222 e. The van der Waals surface area contributed by atoms with Gasteiger partial charge in [-0.3, -0.25) is 0 Å². The second-order valence-electron chi connectivity index (χ2n) is 6.21. The average Bonchev–Trinajstić information content (AvgIpc) is 2.80. The van der Waals surface area contributed by atoms with Crippen molar-refractivity contribution in [1.29, 1.82) is 0 Å². The van der Waals surface area contributed by atoms with Gasteiger partial charge >= 0.3 is 0 Å². The van der Waals surface area contributed by atoms with Crippen molar-refractivity contribution in [2.45, 2.75) is 0 Å². The normalized spacial score (nSPS) is 9.91. The summed E-state index contributed by atoms with van der Waals surface area (Å²) in [6.07, 6.45) is 2.71. The molecule has 4 aromatic rings. The van der Waals surface area contributed by atoms with E-state index in [4.69, 9.17) is 52.0 Å². The lowest BCUT2D eigenvalue weighted by Crippen LogP contribution is -2.01. The standard InChI is InChI=1S/C10H7ClFIN4.C6H5FIN.C4H3Cl2N3/c11-6-4-15-10(14)17-9(6)16-8-3-5(13)1-2-7(8)12;7-5-2-1-4(8)3-6(5)9;5-2-1-8-4(7)9-3(2)6/h1-4H,(H3,14,15,16,17);1-3H,9H2;1H,(H2,7,8,9). The summed E-state index contributed by atoms with van der Waals surface area (Å²) in [6.45, 7) is 0. The molecule has 15 heteroatoms. The Kier molecular flexibility index (Phi) is 11.6. The molecule has 4 rings (SSSR count). The highest BCUT2D eigenvalue weighted by Crippen LogP contribution is 2.26. The summed E-state index contributed by atoms with van der Waals surface area (Å²) in [5.74, 6) is -0.263. The monoisotopic (exact) mass is 764 g/mol. The summed E-state index contributed by atoms with van der Waals surface area (Å²) >= 11 is 20.9. The van der Waals surface area contributed by atoms with E-state index in [-0.39, 0.29) is 45.1 Å². The molecule has 0 bridgehead atoms. The number of rotatable bonds is 2. The predicted molar refractivity (Wildman–Crippen MR) is 154 cm³/mol. The number of hydrogen-bond acceptors (Lipinski definition) is 8. The maximum atomic E-state index is 13.5. The average molecular weight is 766 g/mol. The van der Waals surface area contributed by atoms with Crippen LogP contribution in [-0.4, -0.2) is 19.9 Å². The van der Waals surface area contributed by atoms with Crippen LogP contribution in [0.5, 0.6) is 0 Å². The lowest BCUT2D eigenvalue weighted by Gasteiger charge is -2.08. The van der Waals surface area contributed by atoms with Crippen molar-refractivity contribution in [3.05, 3.63) is 82.8 Å². The highest BCUT2D eigenvalue weighted by atomic mass is 127. The lowest BCUT2D eigenvalue weighted by atomic mass is 10.3. The van der Waals surface area contributed by atoms with Crippen LogP contribution in [0.4, 0.5) is 37.9 Å². The number of nitrogen functional groups attached to an aromatic ring is 3. The van der Waals surface area contributed by atoms with Crippen molar-refractivity contribution in [3.8, 4) is 0 Å². The minimum atomic E-state index is -0.390. The largest absolute Gasteiger partial charge is 0.396 e. The number of benzene rings is 2. The molecule has 8 nitrogen and oxygen atoms in total. The number of halogens is 7. The number of nitrogens with zero attached hydrogens (tertiary/aromatic N) is 4. The molecule has 0 saturated heterocycles. The van der Waals surface area contributed by atoms with E-state index in [1.165, 1.54) is 24.5 Å². The second kappa shape index (κ2) is 13.9. The first-order valence-electron chi connectivity index (χ1n) is 9.10. The van der Waals surface area contributed by atoms with Crippen LogP contribution in [0.25, 0.3) is 0 Å². The van der Waals surface area contributed by atoms with E-state index in [1.807, 2.05) is 0 Å². The minimum Gasteiger partial charge on any atom is -0.396 e. The van der Waals surface area contributed by atoms with Gasteiger partial charge in [-0.05, 0) is 81.6 Å². The smallest absolute Gasteiger partial charge is 0.222 e. The Morgan fingerprint density at radius 3 is 1.83 bits per heavy atom. The number of nitrogens with two attached hydrogens (primary N) is 3. The highest BCUT2D eigenvalue weighted by Gasteiger charge is 2.08. The van der Waals surface area contributed by atoms with Crippen LogP contribution in [0.1, 0.15) is 0 Å². The first-order valence-corrected chi connectivity index (χ1v) is 12.4. The topological polar surface area (TPSA) is 142 Å². The second-order valence-corrected chi connectivity index (χ2v) is 9.87. The molecule has 0 aliphatic heterocycles. The molecule has 7 N–H and O–H groups in total. The van der Waals surface area contributed by atoms with E-state index in [0.717, 1.165) is 7.14 Å². The molecule has 0 aliphatic rings. The predicted octanol–water partition coefficient (Wildman–Crippen LogP) is 6.58. The summed E-state index contributed by atoms with van der Waals surface area (Å²) < 4.78 is 27.7. The Morgan fingerprint density at radius 2 is 1.29 bits per heavy atom. The van der Waals surface area contributed by atoms with Gasteiger partial charge in [-0.25, -0.2) is 18.7 Å². The van der Waals surface area contributed by atoms with Crippen LogP contribution in [0.15, 0.2) is 48.8 Å². The molecular formula is C20H15Cl3F2I2N8. The first kappa shape index (κ1) is 29.2. The van der Waals surface area contributed by atoms with Gasteiger partial charge in [-0.15, -0.1) is 0 Å². The van der Waals surface area contributed by atoms with E-state index in [2.05, 4.69) is 70.4 Å². The van der Waals surface area contributed by atoms with Crippen molar-refractivity contribution in [2.75, 3.05) is 22.5 Å². The van der Waals surface area contributed by atoms with E-state index < -0.39 is 5.82 Å². The summed E-state index contributed by atoms with van der Waals surface area (Å²) in [4.78, 5) is 14.8. The van der Waals surface area contributed by atoms with Crippen molar-refractivity contribution in [2.24, 2.45) is 0 Å². The summed E-state index contributed by atoms with van der Waals surface area (Å²) in [5, 5.41) is 3.55. The van der Waals surface area contributed by atoms with Crippen molar-refractivity contribution in [1.82, 2.24) is 19.9 Å². The zero-order valence-electron chi connectivity index (χ0n) is 17.3. The number of hydrogen-bond donors (Lipinski definition) is 4.